The lowest BCUT2D eigenvalue weighted by atomic mass is 10.0. The maximum absolute atomic E-state index is 2.46. The first-order valence-corrected chi connectivity index (χ1v) is 24.5. The highest BCUT2D eigenvalue weighted by molar-refractivity contribution is 7.28. The van der Waals surface area contributed by atoms with Gasteiger partial charge in [0.15, 0.2) is 0 Å². The Labute approximate surface area is 384 Å². The van der Waals surface area contributed by atoms with Gasteiger partial charge in [-0.15, -0.1) is 34.0 Å². The smallest absolute Gasteiger partial charge is 0.0555 e. The SMILES string of the molecule is c1ccc2c(c1)sc1c(-c3ccc(-n4c5ccccc5c5c6sc7c(ccc8c7c7ccccc7n8-c7ccc(-c8cccc9c8sc8ccccc89)cc7)c6ccc54)cc3)cccc12. The Morgan fingerprint density at radius 3 is 1.09 bits per heavy atom. The van der Waals surface area contributed by atoms with E-state index in [1.54, 1.807) is 0 Å². The van der Waals surface area contributed by atoms with Crippen molar-refractivity contribution in [3.8, 4) is 33.6 Å². The lowest BCUT2D eigenvalue weighted by Gasteiger charge is -2.10. The Balaban J connectivity index is 0.884. The Kier molecular flexibility index (Phi) is 7.44. The number of rotatable bonds is 4. The van der Waals surface area contributed by atoms with Gasteiger partial charge in [-0.25, -0.2) is 0 Å². The van der Waals surface area contributed by atoms with Gasteiger partial charge in [0.2, 0.25) is 0 Å². The summed E-state index contributed by atoms with van der Waals surface area (Å²) >= 11 is 5.72. The molecule has 0 bridgehead atoms. The van der Waals surface area contributed by atoms with E-state index in [4.69, 9.17) is 0 Å². The molecule has 0 atom stereocenters. The van der Waals surface area contributed by atoms with Crippen molar-refractivity contribution in [2.45, 2.75) is 0 Å². The summed E-state index contributed by atoms with van der Waals surface area (Å²) in [6.45, 7) is 0. The van der Waals surface area contributed by atoms with Gasteiger partial charge in [-0.3, -0.25) is 0 Å². The molecule has 0 fully saturated rings. The second kappa shape index (κ2) is 13.5. The van der Waals surface area contributed by atoms with E-state index in [1.807, 2.05) is 34.0 Å². The molecule has 0 amide bonds. The molecular formula is C60H34N2S3. The summed E-state index contributed by atoms with van der Waals surface area (Å²) in [7, 11) is 0. The van der Waals surface area contributed by atoms with Crippen molar-refractivity contribution in [1.82, 2.24) is 9.13 Å². The van der Waals surface area contributed by atoms with Gasteiger partial charge in [-0.1, -0.05) is 146 Å². The van der Waals surface area contributed by atoms with Crippen LogP contribution in [-0.2, 0) is 0 Å². The van der Waals surface area contributed by atoms with Gasteiger partial charge in [0.1, 0.15) is 0 Å². The van der Waals surface area contributed by atoms with E-state index in [0.717, 1.165) is 0 Å². The van der Waals surface area contributed by atoms with Crippen LogP contribution in [0.4, 0.5) is 0 Å². The number of para-hydroxylation sites is 2. The molecule has 15 rings (SSSR count). The van der Waals surface area contributed by atoms with Crippen molar-refractivity contribution in [3.05, 3.63) is 206 Å². The zero-order valence-electron chi connectivity index (χ0n) is 34.7. The Morgan fingerprint density at radius 1 is 0.246 bits per heavy atom. The van der Waals surface area contributed by atoms with Crippen LogP contribution in [0.1, 0.15) is 0 Å². The maximum atomic E-state index is 2.46. The van der Waals surface area contributed by atoms with Crippen LogP contribution in [0.25, 0.3) is 138 Å². The summed E-state index contributed by atoms with van der Waals surface area (Å²) in [5.74, 6) is 0. The Bertz CT molecular complexity index is 4170. The van der Waals surface area contributed by atoms with Gasteiger partial charge in [0.25, 0.3) is 0 Å². The number of benzene rings is 10. The van der Waals surface area contributed by atoms with Crippen LogP contribution in [0.15, 0.2) is 206 Å². The molecule has 0 spiro atoms. The average molecular weight is 879 g/mol. The lowest BCUT2D eigenvalue weighted by Crippen LogP contribution is -1.93. The summed E-state index contributed by atoms with van der Waals surface area (Å²) in [5, 5.41) is 13.1. The first-order chi connectivity index (χ1) is 32.2. The summed E-state index contributed by atoms with van der Waals surface area (Å²) in [6.07, 6.45) is 0. The fraction of sp³-hybridized carbons (Fsp3) is 0. The molecule has 2 nitrogen and oxygen atoms in total. The van der Waals surface area contributed by atoms with Gasteiger partial charge in [-0.05, 0) is 82.9 Å². The van der Waals surface area contributed by atoms with E-state index in [0.29, 0.717) is 0 Å². The summed E-state index contributed by atoms with van der Waals surface area (Å²) in [5.41, 5.74) is 12.3. The number of nitrogens with zero attached hydrogens (tertiary/aromatic N) is 2. The van der Waals surface area contributed by atoms with Gasteiger partial charge in [0, 0.05) is 93.4 Å². The van der Waals surface area contributed by atoms with E-state index in [9.17, 15) is 0 Å². The molecule has 0 aliphatic carbocycles. The largest absolute Gasteiger partial charge is 0.309 e. The molecule has 5 heterocycles. The van der Waals surface area contributed by atoms with Crippen LogP contribution in [0, 0.1) is 0 Å². The Hall–Kier alpha value is -7.54. The predicted octanol–water partition coefficient (Wildman–Crippen LogP) is 18.3. The first-order valence-electron chi connectivity index (χ1n) is 22.1. The van der Waals surface area contributed by atoms with E-state index in [1.165, 1.54) is 138 Å². The molecule has 5 aromatic heterocycles. The minimum atomic E-state index is 1.17. The summed E-state index contributed by atoms with van der Waals surface area (Å²) in [6, 6.07) is 76.7. The maximum Gasteiger partial charge on any atom is 0.0555 e. The van der Waals surface area contributed by atoms with Crippen molar-refractivity contribution in [2.75, 3.05) is 0 Å². The molecule has 302 valence electrons. The standard InChI is InChI=1S/C60H34N2S3/c1-5-19-49-47(13-1)55-51(61(49)37-27-23-35(24-28-37)39-15-9-17-43-41-11-3-7-21-53(41)63-57(39)43)33-31-45-46-32-34-52-56(60(46)65-59(45)55)48-14-2-6-20-50(48)62(52)38-29-25-36(26-30-38)40-16-10-18-44-42-12-4-8-22-54(42)64-58(40)44/h1-34H. The quantitative estimate of drug-likeness (QED) is 0.167. The van der Waals surface area contributed by atoms with Crippen molar-refractivity contribution in [1.29, 1.82) is 0 Å². The highest BCUT2D eigenvalue weighted by atomic mass is 32.1. The third-order valence-corrected chi connectivity index (χ3v) is 17.5. The van der Waals surface area contributed by atoms with E-state index < -0.39 is 0 Å². The zero-order chi connectivity index (χ0) is 42.3. The second-order valence-electron chi connectivity index (χ2n) is 17.1. The van der Waals surface area contributed by atoms with Gasteiger partial charge < -0.3 is 9.13 Å². The highest BCUT2D eigenvalue weighted by Gasteiger charge is 2.22. The van der Waals surface area contributed by atoms with Crippen molar-refractivity contribution in [3.63, 3.8) is 0 Å². The molecule has 0 saturated carbocycles. The van der Waals surface area contributed by atoms with Crippen LogP contribution in [0.2, 0.25) is 0 Å². The Morgan fingerprint density at radius 2 is 0.631 bits per heavy atom. The van der Waals surface area contributed by atoms with Gasteiger partial charge in [0.05, 0.1) is 22.1 Å². The average Bonchev–Trinajstić information content (AvgIpc) is 4.18. The van der Waals surface area contributed by atoms with E-state index >= 15 is 0 Å². The minimum Gasteiger partial charge on any atom is -0.309 e. The molecule has 0 saturated heterocycles. The van der Waals surface area contributed by atoms with Crippen molar-refractivity contribution in [2.24, 2.45) is 0 Å². The van der Waals surface area contributed by atoms with Crippen LogP contribution >= 0.6 is 34.0 Å². The third kappa shape index (κ3) is 5.03. The molecule has 0 N–H and O–H groups in total. The molecule has 10 aromatic carbocycles. The van der Waals surface area contributed by atoms with E-state index in [-0.39, 0.29) is 0 Å². The fourth-order valence-corrected chi connectivity index (χ4v) is 14.8. The monoisotopic (exact) mass is 878 g/mol. The summed E-state index contributed by atoms with van der Waals surface area (Å²) < 4.78 is 13.0. The highest BCUT2D eigenvalue weighted by Crippen LogP contribution is 2.48. The first kappa shape index (κ1) is 35.9. The predicted molar refractivity (Wildman–Crippen MR) is 285 cm³/mol. The lowest BCUT2D eigenvalue weighted by molar-refractivity contribution is 1.18. The number of aromatic nitrogens is 2. The fourth-order valence-electron chi connectivity index (χ4n) is 10.9. The molecule has 65 heavy (non-hydrogen) atoms. The number of thiophene rings is 3. The molecular weight excluding hydrogens is 845 g/mol. The second-order valence-corrected chi connectivity index (χ2v) is 20.3. The van der Waals surface area contributed by atoms with Crippen molar-refractivity contribution < 1.29 is 0 Å². The minimum absolute atomic E-state index is 1.17. The number of fused-ring (bicyclic) bond motifs is 17. The molecule has 0 aliphatic heterocycles. The van der Waals surface area contributed by atoms with Crippen LogP contribution in [0.5, 0.6) is 0 Å². The van der Waals surface area contributed by atoms with Crippen molar-refractivity contribution >= 4 is 138 Å². The topological polar surface area (TPSA) is 9.86 Å². The molecule has 15 aromatic rings. The molecule has 0 radical (unpaired) electrons. The molecule has 0 unspecified atom stereocenters. The van der Waals surface area contributed by atoms with Crippen LogP contribution in [0.3, 0.4) is 0 Å². The number of hydrogen-bond acceptors (Lipinski definition) is 3. The third-order valence-electron chi connectivity index (χ3n) is 13.8. The van der Waals surface area contributed by atoms with Crippen LogP contribution < -0.4 is 0 Å². The van der Waals surface area contributed by atoms with E-state index in [2.05, 4.69) is 215 Å². The molecule has 0 aliphatic rings. The van der Waals surface area contributed by atoms with Gasteiger partial charge in [-0.2, -0.15) is 0 Å². The zero-order valence-corrected chi connectivity index (χ0v) is 37.2. The molecule has 5 heteroatoms. The van der Waals surface area contributed by atoms with Gasteiger partial charge >= 0.3 is 0 Å². The summed E-state index contributed by atoms with van der Waals surface area (Å²) in [4.78, 5) is 0. The number of hydrogen-bond donors (Lipinski definition) is 0. The van der Waals surface area contributed by atoms with Crippen LogP contribution in [-0.4, -0.2) is 9.13 Å². The normalized spacial score (nSPS) is 12.3.